The molecular formula is C17H24O9. The quantitative estimate of drug-likeness (QED) is 0.352. The highest BCUT2D eigenvalue weighted by molar-refractivity contribution is 6.01. The Kier molecular flexibility index (Phi) is 6.79. The molecule has 1 heterocycles. The van der Waals surface area contributed by atoms with Gasteiger partial charge in [-0.25, -0.2) is 0 Å². The molecule has 9 heteroatoms. The second-order valence-corrected chi connectivity index (χ2v) is 6.18. The van der Waals surface area contributed by atoms with Gasteiger partial charge in [-0.1, -0.05) is 13.3 Å². The van der Waals surface area contributed by atoms with E-state index in [2.05, 4.69) is 0 Å². The highest BCUT2D eigenvalue weighted by Gasteiger charge is 2.45. The smallest absolute Gasteiger partial charge is 0.229 e. The number of ether oxygens (including phenoxy) is 2. The molecule has 2 rings (SSSR count). The van der Waals surface area contributed by atoms with Crippen molar-refractivity contribution < 1.29 is 44.9 Å². The Morgan fingerprint density at radius 1 is 1.15 bits per heavy atom. The number of aliphatic hydroxyl groups excluding tert-OH is 4. The summed E-state index contributed by atoms with van der Waals surface area (Å²) < 4.78 is 10.6. The molecule has 9 nitrogen and oxygen atoms in total. The second-order valence-electron chi connectivity index (χ2n) is 6.18. The van der Waals surface area contributed by atoms with E-state index in [9.17, 15) is 35.4 Å². The number of benzene rings is 1. The molecule has 1 aromatic carbocycles. The lowest BCUT2D eigenvalue weighted by Gasteiger charge is -2.39. The predicted molar refractivity (Wildman–Crippen MR) is 88.0 cm³/mol. The number of phenolic OH excluding ortho intramolecular Hbond substituents is 2. The molecule has 1 aliphatic heterocycles. The van der Waals surface area contributed by atoms with Gasteiger partial charge in [-0.3, -0.25) is 4.79 Å². The fraction of sp³-hybridized carbons (Fsp3) is 0.588. The SMILES string of the molecule is CCCCC(=O)c1c(O)cc(O)cc1OC1OC(CO)C(O)C(O)C1O. The van der Waals surface area contributed by atoms with Gasteiger partial charge in [-0.05, 0) is 6.42 Å². The summed E-state index contributed by atoms with van der Waals surface area (Å²) in [6, 6.07) is 2.06. The van der Waals surface area contributed by atoms with Gasteiger partial charge in [0.15, 0.2) is 5.78 Å². The van der Waals surface area contributed by atoms with Gasteiger partial charge in [0, 0.05) is 18.6 Å². The fourth-order valence-corrected chi connectivity index (χ4v) is 2.71. The van der Waals surface area contributed by atoms with Gasteiger partial charge < -0.3 is 40.1 Å². The highest BCUT2D eigenvalue weighted by Crippen LogP contribution is 2.36. The number of rotatable bonds is 7. The van der Waals surface area contributed by atoms with Crippen molar-refractivity contribution in [3.8, 4) is 17.2 Å². The molecule has 1 aliphatic rings. The van der Waals surface area contributed by atoms with Crippen LogP contribution in [0.4, 0.5) is 0 Å². The first-order valence-electron chi connectivity index (χ1n) is 8.36. The zero-order valence-corrected chi connectivity index (χ0v) is 14.3. The van der Waals surface area contributed by atoms with E-state index in [1.54, 1.807) is 0 Å². The topological polar surface area (TPSA) is 157 Å². The third-order valence-electron chi connectivity index (χ3n) is 4.19. The van der Waals surface area contributed by atoms with Gasteiger partial charge in [0.25, 0.3) is 0 Å². The van der Waals surface area contributed by atoms with Crippen molar-refractivity contribution in [1.82, 2.24) is 0 Å². The maximum absolute atomic E-state index is 12.4. The largest absolute Gasteiger partial charge is 0.508 e. The molecule has 1 fully saturated rings. The predicted octanol–water partition coefficient (Wildman–Crippen LogP) is -0.351. The van der Waals surface area contributed by atoms with Crippen LogP contribution in [0.2, 0.25) is 0 Å². The molecule has 0 radical (unpaired) electrons. The minimum Gasteiger partial charge on any atom is -0.508 e. The van der Waals surface area contributed by atoms with E-state index in [1.807, 2.05) is 6.92 Å². The second kappa shape index (κ2) is 8.65. The van der Waals surface area contributed by atoms with Crippen LogP contribution in [-0.4, -0.2) is 73.7 Å². The molecule has 0 bridgehead atoms. The molecule has 0 aromatic heterocycles. The number of unbranched alkanes of at least 4 members (excludes halogenated alkanes) is 1. The van der Waals surface area contributed by atoms with Crippen LogP contribution in [0.3, 0.4) is 0 Å². The number of ketones is 1. The van der Waals surface area contributed by atoms with Crippen molar-refractivity contribution in [1.29, 1.82) is 0 Å². The average Bonchev–Trinajstić information content (AvgIpc) is 2.59. The summed E-state index contributed by atoms with van der Waals surface area (Å²) in [7, 11) is 0. The normalized spacial score (nSPS) is 28.7. The minimum absolute atomic E-state index is 0.139. The van der Waals surface area contributed by atoms with Crippen LogP contribution in [-0.2, 0) is 4.74 Å². The molecule has 0 saturated carbocycles. The standard InChI is InChI=1S/C17H24O9/c1-2-3-4-9(20)13-10(21)5-8(19)6-11(13)25-17-16(24)15(23)14(22)12(7-18)26-17/h5-6,12,14-19,21-24H,2-4,7H2,1H3. The van der Waals surface area contributed by atoms with Crippen LogP contribution in [0.15, 0.2) is 12.1 Å². The Morgan fingerprint density at radius 2 is 1.85 bits per heavy atom. The van der Waals surface area contributed by atoms with Crippen molar-refractivity contribution in [3.63, 3.8) is 0 Å². The summed E-state index contributed by atoms with van der Waals surface area (Å²) >= 11 is 0. The summed E-state index contributed by atoms with van der Waals surface area (Å²) in [5.74, 6) is -1.54. The molecule has 146 valence electrons. The lowest BCUT2D eigenvalue weighted by atomic mass is 9.99. The summed E-state index contributed by atoms with van der Waals surface area (Å²) in [4.78, 5) is 12.4. The maximum Gasteiger partial charge on any atom is 0.229 e. The zero-order valence-electron chi connectivity index (χ0n) is 14.3. The molecule has 1 aromatic rings. The number of phenols is 2. The number of aromatic hydroxyl groups is 2. The third-order valence-corrected chi connectivity index (χ3v) is 4.19. The molecule has 5 atom stereocenters. The van der Waals surface area contributed by atoms with Crippen molar-refractivity contribution in [3.05, 3.63) is 17.7 Å². The average molecular weight is 372 g/mol. The monoisotopic (exact) mass is 372 g/mol. The van der Waals surface area contributed by atoms with Crippen LogP contribution in [0.1, 0.15) is 36.5 Å². The Bertz CT molecular complexity index is 631. The Hall–Kier alpha value is -1.91. The van der Waals surface area contributed by atoms with Gasteiger partial charge in [-0.2, -0.15) is 0 Å². The lowest BCUT2D eigenvalue weighted by Crippen LogP contribution is -2.60. The van der Waals surface area contributed by atoms with Crippen LogP contribution >= 0.6 is 0 Å². The van der Waals surface area contributed by atoms with E-state index in [1.165, 1.54) is 0 Å². The fourth-order valence-electron chi connectivity index (χ4n) is 2.71. The molecule has 0 amide bonds. The number of hydrogen-bond acceptors (Lipinski definition) is 9. The first-order chi connectivity index (χ1) is 12.3. The van der Waals surface area contributed by atoms with E-state index in [4.69, 9.17) is 9.47 Å². The first-order valence-corrected chi connectivity index (χ1v) is 8.36. The molecule has 5 unspecified atom stereocenters. The van der Waals surface area contributed by atoms with Crippen LogP contribution < -0.4 is 4.74 Å². The Morgan fingerprint density at radius 3 is 2.46 bits per heavy atom. The summed E-state index contributed by atoms with van der Waals surface area (Å²) in [5.41, 5.74) is -0.187. The summed E-state index contributed by atoms with van der Waals surface area (Å²) in [6.07, 6.45) is -6.15. The van der Waals surface area contributed by atoms with Crippen LogP contribution in [0.25, 0.3) is 0 Å². The van der Waals surface area contributed by atoms with E-state index >= 15 is 0 Å². The number of aliphatic hydroxyl groups is 4. The zero-order chi connectivity index (χ0) is 19.4. The van der Waals surface area contributed by atoms with E-state index in [0.717, 1.165) is 18.6 Å². The Labute approximate surface area is 150 Å². The lowest BCUT2D eigenvalue weighted by molar-refractivity contribution is -0.277. The van der Waals surface area contributed by atoms with Crippen LogP contribution in [0.5, 0.6) is 17.2 Å². The van der Waals surface area contributed by atoms with Crippen molar-refractivity contribution in [2.45, 2.75) is 56.9 Å². The Balaban J connectivity index is 2.31. The van der Waals surface area contributed by atoms with Crippen molar-refractivity contribution in [2.75, 3.05) is 6.61 Å². The van der Waals surface area contributed by atoms with Gasteiger partial charge in [-0.15, -0.1) is 0 Å². The number of carbonyl (C=O) groups is 1. The van der Waals surface area contributed by atoms with E-state index < -0.39 is 48.8 Å². The molecule has 6 N–H and O–H groups in total. The minimum atomic E-state index is -1.68. The molecule has 0 spiro atoms. The van der Waals surface area contributed by atoms with Gasteiger partial charge in [0.1, 0.15) is 47.2 Å². The van der Waals surface area contributed by atoms with Crippen LogP contribution in [0, 0.1) is 0 Å². The van der Waals surface area contributed by atoms with E-state index in [0.29, 0.717) is 6.42 Å². The number of hydrogen-bond donors (Lipinski definition) is 6. The number of carbonyl (C=O) groups excluding carboxylic acids is 1. The third kappa shape index (κ3) is 4.25. The summed E-state index contributed by atoms with van der Waals surface area (Å²) in [6.45, 7) is 1.26. The molecule has 1 saturated heterocycles. The van der Waals surface area contributed by atoms with Gasteiger partial charge >= 0.3 is 0 Å². The van der Waals surface area contributed by atoms with E-state index in [-0.39, 0.29) is 23.5 Å². The van der Waals surface area contributed by atoms with Crippen molar-refractivity contribution >= 4 is 5.78 Å². The molecular weight excluding hydrogens is 348 g/mol. The number of Topliss-reactive ketones (excluding diaryl/α,β-unsaturated/α-hetero) is 1. The molecule has 26 heavy (non-hydrogen) atoms. The maximum atomic E-state index is 12.4. The summed E-state index contributed by atoms with van der Waals surface area (Å²) in [5, 5.41) is 58.6. The van der Waals surface area contributed by atoms with Gasteiger partial charge in [0.05, 0.1) is 6.61 Å². The van der Waals surface area contributed by atoms with Crippen molar-refractivity contribution in [2.24, 2.45) is 0 Å². The highest BCUT2D eigenvalue weighted by atomic mass is 16.7. The first kappa shape index (κ1) is 20.4. The van der Waals surface area contributed by atoms with Gasteiger partial charge in [0.2, 0.25) is 6.29 Å². The molecule has 0 aliphatic carbocycles.